The van der Waals surface area contributed by atoms with Crippen LogP contribution in [0.15, 0.2) is 58.8 Å². The molecule has 0 bridgehead atoms. The molecular weight excluding hydrogens is 392 g/mol. The van der Waals surface area contributed by atoms with E-state index >= 15 is 0 Å². The van der Waals surface area contributed by atoms with E-state index in [2.05, 4.69) is 34.5 Å². The van der Waals surface area contributed by atoms with Crippen molar-refractivity contribution in [2.24, 2.45) is 0 Å². The van der Waals surface area contributed by atoms with Gasteiger partial charge in [-0.1, -0.05) is 48.5 Å². The van der Waals surface area contributed by atoms with Crippen LogP contribution in [0.3, 0.4) is 0 Å². The number of ether oxygens (including phenoxy) is 1. The Morgan fingerprint density at radius 1 is 1.16 bits per heavy atom. The third-order valence-electron chi connectivity index (χ3n) is 5.62. The first-order valence-electron chi connectivity index (χ1n) is 10.4. The van der Waals surface area contributed by atoms with Crippen LogP contribution in [0.25, 0.3) is 17.0 Å². The number of aryl methyl sites for hydroxylation is 1. The minimum absolute atomic E-state index is 0.138. The molecule has 2 amide bonds. The van der Waals surface area contributed by atoms with Crippen LogP contribution in [-0.4, -0.2) is 34.7 Å². The average molecular weight is 418 g/mol. The van der Waals surface area contributed by atoms with E-state index in [-0.39, 0.29) is 12.1 Å². The molecule has 1 aliphatic rings. The zero-order valence-corrected chi connectivity index (χ0v) is 18.2. The molecule has 1 N–H and O–H groups in total. The second kappa shape index (κ2) is 8.63. The summed E-state index contributed by atoms with van der Waals surface area (Å²) < 4.78 is 11.0. The number of aromatic nitrogens is 2. The van der Waals surface area contributed by atoms with Gasteiger partial charge in [0.15, 0.2) is 0 Å². The zero-order chi connectivity index (χ0) is 22.0. The van der Waals surface area contributed by atoms with Crippen molar-refractivity contribution >= 4 is 11.6 Å². The van der Waals surface area contributed by atoms with Crippen molar-refractivity contribution in [3.8, 4) is 17.1 Å². The third-order valence-corrected chi connectivity index (χ3v) is 5.62. The van der Waals surface area contributed by atoms with E-state index in [9.17, 15) is 4.79 Å². The highest BCUT2D eigenvalue weighted by Crippen LogP contribution is 2.37. The number of amides is 2. The van der Waals surface area contributed by atoms with Crippen molar-refractivity contribution in [2.45, 2.75) is 33.2 Å². The Morgan fingerprint density at radius 2 is 1.94 bits per heavy atom. The highest BCUT2D eigenvalue weighted by atomic mass is 16.5. The molecule has 31 heavy (non-hydrogen) atoms. The molecule has 0 aliphatic carbocycles. The Kier molecular flexibility index (Phi) is 5.75. The lowest BCUT2D eigenvalue weighted by atomic mass is 9.94. The predicted molar refractivity (Wildman–Crippen MR) is 118 cm³/mol. The first-order chi connectivity index (χ1) is 15.0. The molecule has 160 valence electrons. The van der Waals surface area contributed by atoms with E-state index in [1.807, 2.05) is 50.2 Å². The quantitative estimate of drug-likeness (QED) is 0.620. The van der Waals surface area contributed by atoms with E-state index in [1.165, 1.54) is 5.56 Å². The van der Waals surface area contributed by atoms with Crippen LogP contribution >= 0.6 is 0 Å². The fourth-order valence-corrected chi connectivity index (χ4v) is 3.85. The van der Waals surface area contributed by atoms with Crippen LogP contribution in [0.5, 0.6) is 5.75 Å². The maximum absolute atomic E-state index is 12.7. The largest absolute Gasteiger partial charge is 0.497 e. The second-order valence-electron chi connectivity index (χ2n) is 7.38. The van der Waals surface area contributed by atoms with Crippen molar-refractivity contribution in [3.05, 3.63) is 71.2 Å². The predicted octanol–water partition coefficient (Wildman–Crippen LogP) is 4.83. The van der Waals surface area contributed by atoms with Crippen LogP contribution in [0.2, 0.25) is 0 Å². The normalized spacial score (nSPS) is 16.5. The van der Waals surface area contributed by atoms with Crippen LogP contribution < -0.4 is 10.1 Å². The molecule has 0 saturated heterocycles. The number of hydrogen-bond donors (Lipinski definition) is 1. The molecule has 3 aromatic rings. The highest BCUT2D eigenvalue weighted by molar-refractivity contribution is 5.86. The van der Waals surface area contributed by atoms with E-state index < -0.39 is 0 Å². The molecule has 0 saturated carbocycles. The maximum Gasteiger partial charge on any atom is 0.322 e. The van der Waals surface area contributed by atoms with Gasteiger partial charge in [0.1, 0.15) is 5.75 Å². The lowest BCUT2D eigenvalue weighted by molar-refractivity contribution is 0.207. The second-order valence-corrected chi connectivity index (χ2v) is 7.38. The van der Waals surface area contributed by atoms with Gasteiger partial charge in [0.05, 0.1) is 18.7 Å². The van der Waals surface area contributed by atoms with Gasteiger partial charge in [0.25, 0.3) is 5.89 Å². The Bertz CT molecular complexity index is 1120. The number of hydrogen-bond acceptors (Lipinski definition) is 5. The summed E-state index contributed by atoms with van der Waals surface area (Å²) in [5, 5.41) is 7.29. The molecule has 0 fully saturated rings. The van der Waals surface area contributed by atoms with Gasteiger partial charge in [0, 0.05) is 17.8 Å². The number of nitrogens with one attached hydrogen (secondary N) is 1. The summed E-state index contributed by atoms with van der Waals surface area (Å²) in [6.45, 7) is 6.51. The minimum Gasteiger partial charge on any atom is -0.497 e. The smallest absolute Gasteiger partial charge is 0.322 e. The van der Waals surface area contributed by atoms with Crippen molar-refractivity contribution in [1.29, 1.82) is 0 Å². The molecule has 1 aromatic heterocycles. The first kappa shape index (κ1) is 20.7. The van der Waals surface area contributed by atoms with E-state index in [0.717, 1.165) is 34.6 Å². The highest BCUT2D eigenvalue weighted by Gasteiger charge is 2.35. The van der Waals surface area contributed by atoms with E-state index in [1.54, 1.807) is 12.0 Å². The van der Waals surface area contributed by atoms with Crippen LogP contribution in [-0.2, 0) is 6.42 Å². The summed E-state index contributed by atoms with van der Waals surface area (Å²) >= 11 is 0. The number of urea groups is 1. The van der Waals surface area contributed by atoms with Gasteiger partial charge in [-0.3, -0.25) is 4.90 Å². The Balaban J connectivity index is 1.78. The van der Waals surface area contributed by atoms with Gasteiger partial charge in [-0.25, -0.2) is 4.79 Å². The van der Waals surface area contributed by atoms with Crippen LogP contribution in [0, 0.1) is 0 Å². The number of nitrogens with zero attached hydrogens (tertiary/aromatic N) is 3. The number of carbonyl (C=O) groups is 1. The van der Waals surface area contributed by atoms with Crippen LogP contribution in [0.1, 0.15) is 43.8 Å². The number of allylic oxidation sites excluding steroid dienone is 1. The van der Waals surface area contributed by atoms with E-state index in [4.69, 9.17) is 9.26 Å². The van der Waals surface area contributed by atoms with Crippen molar-refractivity contribution in [2.75, 3.05) is 13.7 Å². The molecule has 7 heteroatoms. The van der Waals surface area contributed by atoms with Gasteiger partial charge >= 0.3 is 6.03 Å². The molecule has 1 aliphatic heterocycles. The molecule has 7 nitrogen and oxygen atoms in total. The minimum atomic E-state index is -0.375. The maximum atomic E-state index is 12.7. The topological polar surface area (TPSA) is 80.5 Å². The third kappa shape index (κ3) is 3.91. The Morgan fingerprint density at radius 3 is 2.61 bits per heavy atom. The molecule has 0 spiro atoms. The standard InChI is InChI=1S/C24H26N4O3/c1-5-16-10-12-17(13-11-16)21-20(15(3)28(6-2)24(29)25-21)23-26-22(27-31-23)18-8-7-9-19(14-18)30-4/h7-14,21H,5-6H2,1-4H3,(H,25,29). The fourth-order valence-electron chi connectivity index (χ4n) is 3.85. The first-order valence-corrected chi connectivity index (χ1v) is 10.4. The summed E-state index contributed by atoms with van der Waals surface area (Å²) in [6, 6.07) is 15.2. The molecular formula is C24H26N4O3. The van der Waals surface area contributed by atoms with Crippen molar-refractivity contribution in [1.82, 2.24) is 20.4 Å². The summed E-state index contributed by atoms with van der Waals surface area (Å²) in [4.78, 5) is 19.1. The summed E-state index contributed by atoms with van der Waals surface area (Å²) in [5.41, 5.74) is 4.60. The number of methoxy groups -OCH3 is 1. The van der Waals surface area contributed by atoms with Gasteiger partial charge in [0.2, 0.25) is 5.82 Å². The number of carbonyl (C=O) groups excluding carboxylic acids is 1. The SMILES string of the molecule is CCc1ccc(C2NC(=O)N(CC)C(C)=C2c2nc(-c3cccc(OC)c3)no2)cc1. The molecule has 2 heterocycles. The Labute approximate surface area is 181 Å². The fraction of sp³-hybridized carbons (Fsp3) is 0.292. The van der Waals surface area contributed by atoms with Gasteiger partial charge in [-0.2, -0.15) is 4.98 Å². The lowest BCUT2D eigenvalue weighted by Gasteiger charge is -2.34. The Hall–Kier alpha value is -3.61. The molecule has 0 radical (unpaired) electrons. The summed E-state index contributed by atoms with van der Waals surface area (Å²) in [5.74, 6) is 1.57. The van der Waals surface area contributed by atoms with E-state index in [0.29, 0.717) is 18.3 Å². The van der Waals surface area contributed by atoms with Crippen molar-refractivity contribution < 1.29 is 14.1 Å². The lowest BCUT2D eigenvalue weighted by Crippen LogP contribution is -2.45. The summed E-state index contributed by atoms with van der Waals surface area (Å²) in [6.07, 6.45) is 0.955. The molecule has 2 aromatic carbocycles. The van der Waals surface area contributed by atoms with Crippen molar-refractivity contribution in [3.63, 3.8) is 0 Å². The van der Waals surface area contributed by atoms with Gasteiger partial charge < -0.3 is 14.6 Å². The number of benzene rings is 2. The zero-order valence-electron chi connectivity index (χ0n) is 18.2. The molecule has 4 rings (SSSR count). The molecule has 1 atom stereocenters. The average Bonchev–Trinajstić information content (AvgIpc) is 3.29. The number of rotatable bonds is 6. The summed E-state index contributed by atoms with van der Waals surface area (Å²) in [7, 11) is 1.62. The van der Waals surface area contributed by atoms with Crippen LogP contribution in [0.4, 0.5) is 4.79 Å². The van der Waals surface area contributed by atoms with Gasteiger partial charge in [-0.05, 0) is 43.5 Å². The molecule has 1 unspecified atom stereocenters. The van der Waals surface area contributed by atoms with Gasteiger partial charge in [-0.15, -0.1) is 0 Å². The monoisotopic (exact) mass is 418 g/mol.